The molecule has 0 aromatic heterocycles. The van der Waals surface area contributed by atoms with Crippen molar-refractivity contribution in [2.45, 2.75) is 24.9 Å². The molecule has 1 spiro atoms. The Kier molecular flexibility index (Phi) is 2.68. The van der Waals surface area contributed by atoms with Gasteiger partial charge in [0.1, 0.15) is 17.0 Å². The molecule has 0 unspecified atom stereocenters. The van der Waals surface area contributed by atoms with E-state index in [1.165, 1.54) is 5.06 Å². The average molecular weight is 234 g/mol. The number of fused-ring (bicyclic) bond motifs is 1. The number of benzene rings is 1. The SMILES string of the molecule is ON1CCC2(CCNCC2)Oc2ccccc21. The summed E-state index contributed by atoms with van der Waals surface area (Å²) in [7, 11) is 0. The van der Waals surface area contributed by atoms with E-state index in [1.807, 2.05) is 24.3 Å². The van der Waals surface area contributed by atoms with Crippen molar-refractivity contribution in [1.82, 2.24) is 5.32 Å². The van der Waals surface area contributed by atoms with E-state index in [9.17, 15) is 5.21 Å². The van der Waals surface area contributed by atoms with Crippen molar-refractivity contribution in [3.8, 4) is 5.75 Å². The van der Waals surface area contributed by atoms with Crippen LogP contribution in [-0.4, -0.2) is 30.4 Å². The van der Waals surface area contributed by atoms with Gasteiger partial charge in [-0.2, -0.15) is 0 Å². The van der Waals surface area contributed by atoms with Gasteiger partial charge in [-0.05, 0) is 38.1 Å². The molecule has 17 heavy (non-hydrogen) atoms. The van der Waals surface area contributed by atoms with Crippen molar-refractivity contribution in [1.29, 1.82) is 0 Å². The van der Waals surface area contributed by atoms with Crippen LogP contribution in [-0.2, 0) is 0 Å². The first-order chi connectivity index (χ1) is 8.29. The van der Waals surface area contributed by atoms with Crippen LogP contribution in [0.4, 0.5) is 5.69 Å². The van der Waals surface area contributed by atoms with E-state index in [1.54, 1.807) is 0 Å². The number of rotatable bonds is 0. The van der Waals surface area contributed by atoms with Gasteiger partial charge < -0.3 is 10.1 Å². The zero-order valence-electron chi connectivity index (χ0n) is 9.85. The van der Waals surface area contributed by atoms with Crippen LogP contribution >= 0.6 is 0 Å². The van der Waals surface area contributed by atoms with Crippen molar-refractivity contribution in [2.24, 2.45) is 0 Å². The van der Waals surface area contributed by atoms with Crippen LogP contribution in [0.25, 0.3) is 0 Å². The molecule has 1 fully saturated rings. The van der Waals surface area contributed by atoms with Gasteiger partial charge in [0.25, 0.3) is 0 Å². The van der Waals surface area contributed by atoms with Crippen LogP contribution in [0.3, 0.4) is 0 Å². The van der Waals surface area contributed by atoms with Gasteiger partial charge in [0, 0.05) is 13.0 Å². The predicted molar refractivity (Wildman–Crippen MR) is 65.7 cm³/mol. The molecule has 0 bridgehead atoms. The van der Waals surface area contributed by atoms with Crippen molar-refractivity contribution < 1.29 is 9.94 Å². The number of anilines is 1. The number of hydrogen-bond donors (Lipinski definition) is 2. The number of ether oxygens (including phenoxy) is 1. The Morgan fingerprint density at radius 2 is 1.94 bits per heavy atom. The molecule has 1 aromatic carbocycles. The summed E-state index contributed by atoms with van der Waals surface area (Å²) in [6.45, 7) is 2.62. The van der Waals surface area contributed by atoms with Gasteiger partial charge >= 0.3 is 0 Å². The van der Waals surface area contributed by atoms with Gasteiger partial charge in [0.15, 0.2) is 0 Å². The molecule has 1 saturated heterocycles. The lowest BCUT2D eigenvalue weighted by atomic mass is 9.89. The lowest BCUT2D eigenvalue weighted by Gasteiger charge is -2.36. The van der Waals surface area contributed by atoms with E-state index in [4.69, 9.17) is 4.74 Å². The Bertz CT molecular complexity index is 402. The maximum atomic E-state index is 9.99. The van der Waals surface area contributed by atoms with Crippen molar-refractivity contribution in [3.63, 3.8) is 0 Å². The minimum absolute atomic E-state index is 0.0984. The standard InChI is InChI=1S/C13H18N2O2/c16-15-10-7-13(5-8-14-9-6-13)17-12-4-2-1-3-11(12)15/h1-4,14,16H,5-10H2. The molecule has 0 amide bonds. The van der Waals surface area contributed by atoms with E-state index in [-0.39, 0.29) is 5.60 Å². The first-order valence-corrected chi connectivity index (χ1v) is 6.24. The van der Waals surface area contributed by atoms with Gasteiger partial charge in [-0.1, -0.05) is 12.1 Å². The number of hydroxylamine groups is 1. The fourth-order valence-corrected chi connectivity index (χ4v) is 2.71. The Morgan fingerprint density at radius 1 is 1.18 bits per heavy atom. The number of nitrogens with one attached hydrogen (secondary N) is 1. The third kappa shape index (κ3) is 1.98. The zero-order valence-corrected chi connectivity index (χ0v) is 9.85. The monoisotopic (exact) mass is 234 g/mol. The van der Waals surface area contributed by atoms with Gasteiger partial charge in [0.05, 0.1) is 0 Å². The van der Waals surface area contributed by atoms with Gasteiger partial charge in [-0.3, -0.25) is 10.3 Å². The molecule has 92 valence electrons. The van der Waals surface area contributed by atoms with Crippen molar-refractivity contribution >= 4 is 5.69 Å². The highest BCUT2D eigenvalue weighted by Crippen LogP contribution is 2.38. The highest BCUT2D eigenvalue weighted by Gasteiger charge is 2.37. The summed E-state index contributed by atoms with van der Waals surface area (Å²) in [6.07, 6.45) is 2.89. The summed E-state index contributed by atoms with van der Waals surface area (Å²) in [5.41, 5.74) is 0.682. The zero-order chi connectivity index (χ0) is 11.7. The van der Waals surface area contributed by atoms with Crippen LogP contribution in [0.2, 0.25) is 0 Å². The molecule has 1 aromatic rings. The minimum atomic E-state index is -0.0984. The van der Waals surface area contributed by atoms with Crippen molar-refractivity contribution in [2.75, 3.05) is 24.7 Å². The summed E-state index contributed by atoms with van der Waals surface area (Å²) in [6, 6.07) is 7.71. The van der Waals surface area contributed by atoms with Gasteiger partial charge in [-0.15, -0.1) is 0 Å². The number of para-hydroxylation sites is 2. The number of piperidine rings is 1. The molecular weight excluding hydrogens is 216 g/mol. The molecule has 0 atom stereocenters. The number of hydrogen-bond acceptors (Lipinski definition) is 4. The average Bonchev–Trinajstić information content (AvgIpc) is 2.50. The van der Waals surface area contributed by atoms with E-state index >= 15 is 0 Å². The van der Waals surface area contributed by atoms with Crippen LogP contribution in [0, 0.1) is 0 Å². The van der Waals surface area contributed by atoms with Crippen molar-refractivity contribution in [3.05, 3.63) is 24.3 Å². The van der Waals surface area contributed by atoms with E-state index in [2.05, 4.69) is 5.32 Å². The molecule has 4 heteroatoms. The van der Waals surface area contributed by atoms with E-state index in [0.29, 0.717) is 6.54 Å². The second kappa shape index (κ2) is 4.20. The second-order valence-corrected chi connectivity index (χ2v) is 4.88. The molecule has 2 aliphatic heterocycles. The fourth-order valence-electron chi connectivity index (χ4n) is 2.71. The predicted octanol–water partition coefficient (Wildman–Crippen LogP) is 1.79. The Hall–Kier alpha value is -1.26. The first-order valence-electron chi connectivity index (χ1n) is 6.24. The minimum Gasteiger partial charge on any atom is -0.485 e. The Balaban J connectivity index is 1.93. The molecule has 0 saturated carbocycles. The van der Waals surface area contributed by atoms with E-state index in [0.717, 1.165) is 43.8 Å². The Labute approximate surface area is 101 Å². The first kappa shape index (κ1) is 10.9. The molecular formula is C13H18N2O2. The largest absolute Gasteiger partial charge is 0.485 e. The summed E-state index contributed by atoms with van der Waals surface area (Å²) < 4.78 is 6.21. The van der Waals surface area contributed by atoms with Crippen LogP contribution in [0.15, 0.2) is 24.3 Å². The third-order valence-corrected chi connectivity index (χ3v) is 3.76. The maximum Gasteiger partial charge on any atom is 0.145 e. The second-order valence-electron chi connectivity index (χ2n) is 4.88. The quantitative estimate of drug-likeness (QED) is 0.718. The topological polar surface area (TPSA) is 44.7 Å². The highest BCUT2D eigenvalue weighted by atomic mass is 16.5. The Morgan fingerprint density at radius 3 is 2.76 bits per heavy atom. The summed E-state index contributed by atoms with van der Waals surface area (Å²) in [4.78, 5) is 0. The molecule has 3 rings (SSSR count). The lowest BCUT2D eigenvalue weighted by Crippen LogP contribution is -2.46. The molecule has 0 aliphatic carbocycles. The summed E-state index contributed by atoms with van der Waals surface area (Å²) >= 11 is 0. The lowest BCUT2D eigenvalue weighted by molar-refractivity contribution is 0.0332. The fraction of sp³-hybridized carbons (Fsp3) is 0.538. The molecule has 0 radical (unpaired) electrons. The maximum absolute atomic E-state index is 9.99. The third-order valence-electron chi connectivity index (χ3n) is 3.76. The van der Waals surface area contributed by atoms with Gasteiger partial charge in [0.2, 0.25) is 0 Å². The molecule has 2 heterocycles. The van der Waals surface area contributed by atoms with E-state index < -0.39 is 0 Å². The molecule has 2 aliphatic rings. The molecule has 4 nitrogen and oxygen atoms in total. The van der Waals surface area contributed by atoms with Gasteiger partial charge in [-0.25, -0.2) is 0 Å². The van der Waals surface area contributed by atoms with Crippen LogP contribution in [0.1, 0.15) is 19.3 Å². The normalized spacial score (nSPS) is 22.8. The molecule has 2 N–H and O–H groups in total. The van der Waals surface area contributed by atoms with Crippen LogP contribution < -0.4 is 15.1 Å². The van der Waals surface area contributed by atoms with Crippen LogP contribution in [0.5, 0.6) is 5.75 Å². The highest BCUT2D eigenvalue weighted by molar-refractivity contribution is 5.57. The smallest absolute Gasteiger partial charge is 0.145 e. The summed E-state index contributed by atoms with van der Waals surface area (Å²) in [5, 5.41) is 14.7. The number of nitrogens with zero attached hydrogens (tertiary/aromatic N) is 1. The summed E-state index contributed by atoms with van der Waals surface area (Å²) in [5.74, 6) is 0.800.